The van der Waals surface area contributed by atoms with Crippen molar-refractivity contribution in [2.45, 2.75) is 6.61 Å². The highest BCUT2D eigenvalue weighted by atomic mass is 32.1. The predicted molar refractivity (Wildman–Crippen MR) is 94.9 cm³/mol. The van der Waals surface area contributed by atoms with E-state index >= 15 is 0 Å². The molecule has 0 saturated heterocycles. The molecule has 2 aromatic carbocycles. The van der Waals surface area contributed by atoms with Crippen LogP contribution in [0.1, 0.15) is 11.1 Å². The van der Waals surface area contributed by atoms with Gasteiger partial charge in [-0.3, -0.25) is 5.43 Å². The Labute approximate surface area is 142 Å². The maximum absolute atomic E-state index is 13.6. The predicted octanol–water partition coefficient (Wildman–Crippen LogP) is 3.89. The van der Waals surface area contributed by atoms with E-state index in [4.69, 9.17) is 10.5 Å². The largest absolute Gasteiger partial charge is 0.489 e. The van der Waals surface area contributed by atoms with E-state index < -0.39 is 0 Å². The molecule has 0 radical (unpaired) electrons. The average molecular weight is 342 g/mol. The van der Waals surface area contributed by atoms with Gasteiger partial charge in [-0.05, 0) is 23.8 Å². The molecule has 0 amide bonds. The molecule has 0 saturated carbocycles. The lowest BCUT2D eigenvalue weighted by Crippen LogP contribution is -1.98. The Kier molecular flexibility index (Phi) is 5.02. The molecule has 122 valence electrons. The van der Waals surface area contributed by atoms with Crippen LogP contribution in [0.2, 0.25) is 0 Å². The molecular weight excluding hydrogens is 327 g/mol. The molecule has 0 bridgehead atoms. The van der Waals surface area contributed by atoms with E-state index in [0.29, 0.717) is 22.3 Å². The van der Waals surface area contributed by atoms with Crippen LogP contribution in [-0.4, -0.2) is 11.2 Å². The van der Waals surface area contributed by atoms with Crippen molar-refractivity contribution in [3.05, 3.63) is 70.9 Å². The summed E-state index contributed by atoms with van der Waals surface area (Å²) in [5.74, 6) is 0.823. The number of nitrogens with zero attached hydrogens (tertiary/aromatic N) is 2. The van der Waals surface area contributed by atoms with E-state index in [0.717, 1.165) is 5.56 Å². The number of hydrazone groups is 1. The van der Waals surface area contributed by atoms with E-state index in [1.165, 1.54) is 17.4 Å². The first kappa shape index (κ1) is 15.9. The summed E-state index contributed by atoms with van der Waals surface area (Å²) in [7, 11) is 0. The number of hydrogen-bond donors (Lipinski definition) is 2. The number of anilines is 2. The SMILES string of the molecule is Nc1csc(NN=Cc2cccc(OCc3ccccc3F)c2)n1. The molecule has 5 nitrogen and oxygen atoms in total. The molecule has 0 unspecified atom stereocenters. The summed E-state index contributed by atoms with van der Waals surface area (Å²) in [5, 5.41) is 6.45. The minimum absolute atomic E-state index is 0.171. The van der Waals surface area contributed by atoms with Gasteiger partial charge in [0, 0.05) is 10.9 Å². The first-order valence-electron chi connectivity index (χ1n) is 7.17. The van der Waals surface area contributed by atoms with Crippen molar-refractivity contribution in [2.24, 2.45) is 5.10 Å². The number of nitrogen functional groups attached to an aromatic ring is 1. The summed E-state index contributed by atoms with van der Waals surface area (Å²) in [4.78, 5) is 4.04. The number of halogens is 1. The topological polar surface area (TPSA) is 72.5 Å². The van der Waals surface area contributed by atoms with E-state index in [9.17, 15) is 4.39 Å². The molecule has 1 aromatic heterocycles. The van der Waals surface area contributed by atoms with Gasteiger partial charge >= 0.3 is 0 Å². The summed E-state index contributed by atoms with van der Waals surface area (Å²) in [5.41, 5.74) is 9.70. The average Bonchev–Trinajstić information content (AvgIpc) is 3.00. The molecule has 0 spiro atoms. The quantitative estimate of drug-likeness (QED) is 0.526. The fourth-order valence-electron chi connectivity index (χ4n) is 1.96. The first-order valence-corrected chi connectivity index (χ1v) is 8.05. The highest BCUT2D eigenvalue weighted by molar-refractivity contribution is 7.14. The van der Waals surface area contributed by atoms with Crippen LogP contribution in [0.15, 0.2) is 59.0 Å². The van der Waals surface area contributed by atoms with Crippen LogP contribution in [0.5, 0.6) is 5.75 Å². The third-order valence-corrected chi connectivity index (χ3v) is 3.87. The fourth-order valence-corrected chi connectivity index (χ4v) is 2.51. The lowest BCUT2D eigenvalue weighted by Gasteiger charge is -2.07. The summed E-state index contributed by atoms with van der Waals surface area (Å²) in [6.07, 6.45) is 1.65. The van der Waals surface area contributed by atoms with Gasteiger partial charge in [-0.1, -0.05) is 30.3 Å². The maximum atomic E-state index is 13.6. The molecule has 7 heteroatoms. The molecule has 0 aliphatic heterocycles. The molecular formula is C17H15FN4OS. The maximum Gasteiger partial charge on any atom is 0.205 e. The van der Waals surface area contributed by atoms with E-state index in [2.05, 4.69) is 15.5 Å². The Balaban J connectivity index is 1.60. The second-order valence-corrected chi connectivity index (χ2v) is 5.76. The summed E-state index contributed by atoms with van der Waals surface area (Å²) < 4.78 is 19.2. The first-order chi connectivity index (χ1) is 11.7. The molecule has 3 aromatic rings. The van der Waals surface area contributed by atoms with Crippen LogP contribution >= 0.6 is 11.3 Å². The standard InChI is InChI=1S/C17H15FN4OS/c18-15-7-2-1-5-13(15)10-23-14-6-3-4-12(8-14)9-20-22-17-21-16(19)11-24-17/h1-9,11H,10,19H2,(H,21,22). The number of nitrogens with one attached hydrogen (secondary N) is 1. The normalized spacial score (nSPS) is 10.9. The zero-order chi connectivity index (χ0) is 16.8. The number of ether oxygens (including phenoxy) is 1. The van der Waals surface area contributed by atoms with Gasteiger partial charge in [0.2, 0.25) is 5.13 Å². The Morgan fingerprint density at radius 1 is 1.25 bits per heavy atom. The zero-order valence-corrected chi connectivity index (χ0v) is 13.5. The highest BCUT2D eigenvalue weighted by Crippen LogP contribution is 2.17. The van der Waals surface area contributed by atoms with Crippen LogP contribution in [0.4, 0.5) is 15.3 Å². The van der Waals surface area contributed by atoms with E-state index in [1.54, 1.807) is 29.8 Å². The molecule has 1 heterocycles. The van der Waals surface area contributed by atoms with Gasteiger partial charge in [-0.15, -0.1) is 11.3 Å². The molecule has 0 aliphatic rings. The Bertz CT molecular complexity index is 850. The van der Waals surface area contributed by atoms with Crippen molar-refractivity contribution in [1.29, 1.82) is 0 Å². The number of benzene rings is 2. The third-order valence-electron chi connectivity index (χ3n) is 3.11. The van der Waals surface area contributed by atoms with Gasteiger partial charge < -0.3 is 10.5 Å². The van der Waals surface area contributed by atoms with Gasteiger partial charge in [-0.2, -0.15) is 5.10 Å². The molecule has 0 aliphatic carbocycles. The van der Waals surface area contributed by atoms with Gasteiger partial charge in [-0.25, -0.2) is 9.37 Å². The third kappa shape index (κ3) is 4.30. The smallest absolute Gasteiger partial charge is 0.205 e. The minimum atomic E-state index is -0.276. The number of rotatable bonds is 6. The summed E-state index contributed by atoms with van der Waals surface area (Å²) >= 11 is 1.37. The van der Waals surface area contributed by atoms with Gasteiger partial charge in [0.1, 0.15) is 24.0 Å². The Morgan fingerprint density at radius 3 is 2.92 bits per heavy atom. The van der Waals surface area contributed by atoms with Crippen LogP contribution in [0.3, 0.4) is 0 Å². The Hall–Kier alpha value is -2.93. The highest BCUT2D eigenvalue weighted by Gasteiger charge is 2.02. The Morgan fingerprint density at radius 2 is 2.12 bits per heavy atom. The number of thiazole rings is 1. The van der Waals surface area contributed by atoms with Gasteiger partial charge in [0.25, 0.3) is 0 Å². The second kappa shape index (κ2) is 7.56. The lowest BCUT2D eigenvalue weighted by atomic mass is 10.2. The van der Waals surface area contributed by atoms with Crippen LogP contribution in [0.25, 0.3) is 0 Å². The summed E-state index contributed by atoms with van der Waals surface area (Å²) in [6, 6.07) is 13.9. The van der Waals surface area contributed by atoms with E-state index in [1.807, 2.05) is 24.3 Å². The van der Waals surface area contributed by atoms with Crippen molar-refractivity contribution in [1.82, 2.24) is 4.98 Å². The van der Waals surface area contributed by atoms with Crippen LogP contribution < -0.4 is 15.9 Å². The molecule has 24 heavy (non-hydrogen) atoms. The molecule has 3 rings (SSSR count). The van der Waals surface area contributed by atoms with Gasteiger partial charge in [0.15, 0.2) is 0 Å². The van der Waals surface area contributed by atoms with Crippen molar-refractivity contribution in [2.75, 3.05) is 11.2 Å². The zero-order valence-electron chi connectivity index (χ0n) is 12.6. The minimum Gasteiger partial charge on any atom is -0.489 e. The van der Waals surface area contributed by atoms with Crippen molar-refractivity contribution in [3.63, 3.8) is 0 Å². The molecule has 0 fully saturated rings. The number of aromatic nitrogens is 1. The molecule has 0 atom stereocenters. The van der Waals surface area contributed by atoms with Crippen molar-refractivity contribution < 1.29 is 9.13 Å². The van der Waals surface area contributed by atoms with Gasteiger partial charge in [0.05, 0.1) is 6.21 Å². The fraction of sp³-hybridized carbons (Fsp3) is 0.0588. The van der Waals surface area contributed by atoms with E-state index in [-0.39, 0.29) is 12.4 Å². The number of hydrogen-bond acceptors (Lipinski definition) is 6. The van der Waals surface area contributed by atoms with Crippen molar-refractivity contribution in [3.8, 4) is 5.75 Å². The lowest BCUT2D eigenvalue weighted by molar-refractivity contribution is 0.300. The van der Waals surface area contributed by atoms with Crippen LogP contribution in [0, 0.1) is 5.82 Å². The number of nitrogens with two attached hydrogens (primary N) is 1. The van der Waals surface area contributed by atoms with Crippen molar-refractivity contribution >= 4 is 28.5 Å². The summed E-state index contributed by atoms with van der Waals surface area (Å²) in [6.45, 7) is 0.171. The van der Waals surface area contributed by atoms with Crippen LogP contribution in [-0.2, 0) is 6.61 Å². The molecule has 3 N–H and O–H groups in total. The second-order valence-electron chi connectivity index (χ2n) is 4.90. The monoisotopic (exact) mass is 342 g/mol.